The first-order valence-electron chi connectivity index (χ1n) is 7.54. The third-order valence-corrected chi connectivity index (χ3v) is 5.47. The lowest BCUT2D eigenvalue weighted by Gasteiger charge is -2.48. The van der Waals surface area contributed by atoms with E-state index in [2.05, 4.69) is 19.3 Å². The predicted octanol–water partition coefficient (Wildman–Crippen LogP) is 2.99. The molecule has 0 bridgehead atoms. The molecule has 0 aromatic carbocycles. The van der Waals surface area contributed by atoms with Crippen molar-refractivity contribution in [3.8, 4) is 0 Å². The van der Waals surface area contributed by atoms with Crippen LogP contribution in [0.25, 0.3) is 0 Å². The lowest BCUT2D eigenvalue weighted by Crippen LogP contribution is -2.59. The summed E-state index contributed by atoms with van der Waals surface area (Å²) in [6.07, 6.45) is 10.1. The summed E-state index contributed by atoms with van der Waals surface area (Å²) in [6, 6.07) is 0.334. The molecule has 3 nitrogen and oxygen atoms in total. The molecule has 3 heteroatoms. The zero-order chi connectivity index (χ0) is 13.2. The Labute approximate surface area is 112 Å². The van der Waals surface area contributed by atoms with Crippen molar-refractivity contribution in [2.24, 2.45) is 17.2 Å². The van der Waals surface area contributed by atoms with Crippen LogP contribution >= 0.6 is 0 Å². The number of nitrogens with one attached hydrogen (secondary N) is 1. The number of rotatable bonds is 4. The van der Waals surface area contributed by atoms with E-state index in [-0.39, 0.29) is 5.60 Å². The monoisotopic (exact) mass is 254 g/mol. The summed E-state index contributed by atoms with van der Waals surface area (Å²) in [5, 5.41) is 0. The van der Waals surface area contributed by atoms with Crippen molar-refractivity contribution >= 4 is 0 Å². The standard InChI is InChI=1S/C15H30N2O/c1-14(2)8-10-15(18-3,11-9-14)13(17-16)12-6-4-5-7-12/h12-13,17H,4-11,16H2,1-3H3. The van der Waals surface area contributed by atoms with Crippen molar-refractivity contribution in [3.63, 3.8) is 0 Å². The largest absolute Gasteiger partial charge is 0.377 e. The Morgan fingerprint density at radius 1 is 1.11 bits per heavy atom. The fourth-order valence-electron chi connectivity index (χ4n) is 4.00. The van der Waals surface area contributed by atoms with Gasteiger partial charge in [-0.3, -0.25) is 11.3 Å². The third-order valence-electron chi connectivity index (χ3n) is 5.47. The van der Waals surface area contributed by atoms with E-state index in [1.54, 1.807) is 0 Å². The smallest absolute Gasteiger partial charge is 0.0847 e. The number of hydrogen-bond donors (Lipinski definition) is 2. The molecule has 1 unspecified atom stereocenters. The number of ether oxygens (including phenoxy) is 1. The van der Waals surface area contributed by atoms with E-state index in [9.17, 15) is 0 Å². The molecule has 2 rings (SSSR count). The minimum Gasteiger partial charge on any atom is -0.377 e. The normalized spacial score (nSPS) is 29.3. The Kier molecular flexibility index (Phi) is 4.35. The molecule has 106 valence electrons. The number of nitrogens with two attached hydrogens (primary N) is 1. The van der Waals surface area contributed by atoms with E-state index in [0.29, 0.717) is 17.4 Å². The molecule has 0 aromatic heterocycles. The van der Waals surface area contributed by atoms with Crippen LogP contribution in [0.15, 0.2) is 0 Å². The summed E-state index contributed by atoms with van der Waals surface area (Å²) in [7, 11) is 1.87. The van der Waals surface area contributed by atoms with Gasteiger partial charge in [0.1, 0.15) is 0 Å². The summed E-state index contributed by atoms with van der Waals surface area (Å²) in [6.45, 7) is 4.74. The molecule has 1 atom stereocenters. The van der Waals surface area contributed by atoms with Crippen LogP contribution in [0.2, 0.25) is 0 Å². The van der Waals surface area contributed by atoms with Gasteiger partial charge in [-0.25, -0.2) is 0 Å². The highest BCUT2D eigenvalue weighted by molar-refractivity contribution is 5.01. The van der Waals surface area contributed by atoms with E-state index < -0.39 is 0 Å². The van der Waals surface area contributed by atoms with E-state index in [0.717, 1.165) is 12.8 Å². The molecule has 2 aliphatic carbocycles. The van der Waals surface area contributed by atoms with E-state index in [1.807, 2.05) is 7.11 Å². The van der Waals surface area contributed by atoms with Gasteiger partial charge in [-0.15, -0.1) is 0 Å². The topological polar surface area (TPSA) is 47.3 Å². The van der Waals surface area contributed by atoms with Gasteiger partial charge in [0.25, 0.3) is 0 Å². The molecule has 0 saturated heterocycles. The maximum absolute atomic E-state index is 6.00. The van der Waals surface area contributed by atoms with Gasteiger partial charge in [-0.05, 0) is 49.9 Å². The average molecular weight is 254 g/mol. The first kappa shape index (κ1) is 14.3. The van der Waals surface area contributed by atoms with Crippen LogP contribution in [0.5, 0.6) is 0 Å². The SMILES string of the molecule is COC1(C(NN)C2CCCC2)CCC(C)(C)CC1. The fraction of sp³-hybridized carbons (Fsp3) is 1.00. The summed E-state index contributed by atoms with van der Waals surface area (Å²) in [5.41, 5.74) is 3.55. The van der Waals surface area contributed by atoms with Gasteiger partial charge >= 0.3 is 0 Å². The molecule has 2 fully saturated rings. The van der Waals surface area contributed by atoms with Crippen molar-refractivity contribution in [1.29, 1.82) is 0 Å². The lowest BCUT2D eigenvalue weighted by molar-refractivity contribution is -0.0984. The van der Waals surface area contributed by atoms with Crippen LogP contribution in [-0.2, 0) is 4.74 Å². The second-order valence-corrected chi connectivity index (χ2v) is 7.12. The third kappa shape index (κ3) is 2.73. The zero-order valence-corrected chi connectivity index (χ0v) is 12.3. The zero-order valence-electron chi connectivity index (χ0n) is 12.3. The molecule has 3 N–H and O–H groups in total. The lowest BCUT2D eigenvalue weighted by atomic mass is 9.66. The molecule has 2 aliphatic rings. The van der Waals surface area contributed by atoms with Gasteiger partial charge in [-0.1, -0.05) is 26.7 Å². The molecule has 0 aromatic rings. The van der Waals surface area contributed by atoms with Gasteiger partial charge in [0.15, 0.2) is 0 Å². The molecule has 0 aliphatic heterocycles. The Hall–Kier alpha value is -0.120. The predicted molar refractivity (Wildman–Crippen MR) is 75.1 cm³/mol. The van der Waals surface area contributed by atoms with Crippen LogP contribution in [-0.4, -0.2) is 18.8 Å². The molecule has 2 saturated carbocycles. The van der Waals surface area contributed by atoms with Gasteiger partial charge < -0.3 is 4.74 Å². The molecule has 0 spiro atoms. The average Bonchev–Trinajstić information content (AvgIpc) is 2.86. The summed E-state index contributed by atoms with van der Waals surface area (Å²) in [5.74, 6) is 6.59. The molecule has 18 heavy (non-hydrogen) atoms. The minimum absolute atomic E-state index is 0.0285. The van der Waals surface area contributed by atoms with E-state index >= 15 is 0 Å². The number of methoxy groups -OCH3 is 1. The Morgan fingerprint density at radius 2 is 1.67 bits per heavy atom. The maximum Gasteiger partial charge on any atom is 0.0847 e. The molecule has 0 amide bonds. The molecule has 0 heterocycles. The Morgan fingerprint density at radius 3 is 2.11 bits per heavy atom. The fourth-order valence-corrected chi connectivity index (χ4v) is 4.00. The van der Waals surface area contributed by atoms with Crippen LogP contribution in [0.4, 0.5) is 0 Å². The van der Waals surface area contributed by atoms with E-state index in [1.165, 1.54) is 38.5 Å². The highest BCUT2D eigenvalue weighted by Gasteiger charge is 2.47. The van der Waals surface area contributed by atoms with Crippen LogP contribution < -0.4 is 11.3 Å². The van der Waals surface area contributed by atoms with Crippen molar-refractivity contribution < 1.29 is 4.74 Å². The summed E-state index contributed by atoms with van der Waals surface area (Å²) < 4.78 is 6.00. The van der Waals surface area contributed by atoms with Crippen molar-refractivity contribution in [2.75, 3.05) is 7.11 Å². The highest BCUT2D eigenvalue weighted by Crippen LogP contribution is 2.46. The first-order valence-corrected chi connectivity index (χ1v) is 7.54. The van der Waals surface area contributed by atoms with Crippen molar-refractivity contribution in [1.82, 2.24) is 5.43 Å². The first-order chi connectivity index (χ1) is 8.53. The quantitative estimate of drug-likeness (QED) is 0.599. The maximum atomic E-state index is 6.00. The van der Waals surface area contributed by atoms with Crippen LogP contribution in [0.3, 0.4) is 0 Å². The summed E-state index contributed by atoms with van der Waals surface area (Å²) >= 11 is 0. The number of hydrogen-bond acceptors (Lipinski definition) is 3. The molecular weight excluding hydrogens is 224 g/mol. The van der Waals surface area contributed by atoms with Crippen molar-refractivity contribution in [2.45, 2.75) is 76.9 Å². The second kappa shape index (κ2) is 5.48. The Bertz CT molecular complexity index is 262. The highest BCUT2D eigenvalue weighted by atomic mass is 16.5. The van der Waals surface area contributed by atoms with Gasteiger partial charge in [-0.2, -0.15) is 0 Å². The molecular formula is C15H30N2O. The van der Waals surface area contributed by atoms with Crippen LogP contribution in [0, 0.1) is 11.3 Å². The van der Waals surface area contributed by atoms with Gasteiger partial charge in [0, 0.05) is 7.11 Å². The summed E-state index contributed by atoms with van der Waals surface area (Å²) in [4.78, 5) is 0. The van der Waals surface area contributed by atoms with Crippen molar-refractivity contribution in [3.05, 3.63) is 0 Å². The van der Waals surface area contributed by atoms with Gasteiger partial charge in [0.2, 0.25) is 0 Å². The molecule has 0 radical (unpaired) electrons. The van der Waals surface area contributed by atoms with E-state index in [4.69, 9.17) is 10.6 Å². The minimum atomic E-state index is -0.0285. The van der Waals surface area contributed by atoms with Gasteiger partial charge in [0.05, 0.1) is 11.6 Å². The van der Waals surface area contributed by atoms with Crippen LogP contribution in [0.1, 0.15) is 65.2 Å². The second-order valence-electron chi connectivity index (χ2n) is 7.12. The number of hydrazine groups is 1. The Balaban J connectivity index is 2.10.